The molecule has 190 valence electrons. The normalized spacial score (nSPS) is 29.1. The highest BCUT2D eigenvalue weighted by atomic mass is 16.5. The molecule has 34 heavy (non-hydrogen) atoms. The first-order valence-electron chi connectivity index (χ1n) is 13.1. The molecule has 2 saturated carbocycles. The zero-order valence-corrected chi connectivity index (χ0v) is 20.5. The third-order valence-corrected chi connectivity index (χ3v) is 8.02. The number of benzene rings is 1. The lowest BCUT2D eigenvalue weighted by Crippen LogP contribution is -2.49. The van der Waals surface area contributed by atoms with Gasteiger partial charge in [0.1, 0.15) is 5.75 Å². The zero-order valence-electron chi connectivity index (χ0n) is 20.5. The van der Waals surface area contributed by atoms with E-state index in [1.807, 2.05) is 29.2 Å². The van der Waals surface area contributed by atoms with Crippen LogP contribution in [0.15, 0.2) is 24.3 Å². The number of unbranched alkanes of at least 4 members (excludes halogenated alkanes) is 1. The Kier molecular flexibility index (Phi) is 8.51. The van der Waals surface area contributed by atoms with Crippen molar-refractivity contribution >= 4 is 5.91 Å². The summed E-state index contributed by atoms with van der Waals surface area (Å²) in [4.78, 5) is 15.2. The van der Waals surface area contributed by atoms with E-state index < -0.39 is 11.7 Å². The molecule has 0 radical (unpaired) electrons. The van der Waals surface area contributed by atoms with E-state index in [0.29, 0.717) is 51.5 Å². The van der Waals surface area contributed by atoms with Gasteiger partial charge >= 0.3 is 0 Å². The maximum atomic E-state index is 13.3. The van der Waals surface area contributed by atoms with Crippen LogP contribution < -0.4 is 10.5 Å². The number of nitrogens with zero attached hydrogens (tertiary/aromatic N) is 1. The molecule has 1 amide bonds. The Morgan fingerprint density at radius 1 is 1.21 bits per heavy atom. The van der Waals surface area contributed by atoms with Gasteiger partial charge in [-0.15, -0.1) is 0 Å². The van der Waals surface area contributed by atoms with Crippen molar-refractivity contribution in [2.75, 3.05) is 33.4 Å². The first kappa shape index (κ1) is 25.4. The van der Waals surface area contributed by atoms with Crippen molar-refractivity contribution in [2.45, 2.75) is 75.5 Å². The smallest absolute Gasteiger partial charge is 0.225 e. The third kappa shape index (κ3) is 5.93. The van der Waals surface area contributed by atoms with Crippen LogP contribution in [0.3, 0.4) is 0 Å². The number of carbonyl (C=O) groups excluding carboxylic acids is 1. The van der Waals surface area contributed by atoms with E-state index in [1.165, 1.54) is 12.8 Å². The van der Waals surface area contributed by atoms with E-state index in [0.717, 1.165) is 37.0 Å². The van der Waals surface area contributed by atoms with Crippen molar-refractivity contribution in [3.05, 3.63) is 29.8 Å². The van der Waals surface area contributed by atoms with Crippen LogP contribution in [0, 0.1) is 17.8 Å². The van der Waals surface area contributed by atoms with E-state index in [4.69, 9.17) is 15.2 Å². The monoisotopic (exact) mass is 474 g/mol. The number of hydrogen-bond acceptors (Lipinski definition) is 6. The topological polar surface area (TPSA) is 105 Å². The van der Waals surface area contributed by atoms with Crippen LogP contribution in [-0.2, 0) is 15.1 Å². The molecule has 1 aromatic carbocycles. The SMILES string of the molecule is COCCCCC(O)(c1ccccc1OCC1CC1)C1CCCN(C(=O)C2CC(N)C(O)C2)C1. The first-order chi connectivity index (χ1) is 16.4. The van der Waals surface area contributed by atoms with Gasteiger partial charge in [0, 0.05) is 50.2 Å². The molecule has 5 atom stereocenters. The van der Waals surface area contributed by atoms with Gasteiger partial charge in [-0.3, -0.25) is 4.79 Å². The molecule has 0 spiro atoms. The van der Waals surface area contributed by atoms with Crippen LogP contribution in [0.1, 0.15) is 63.4 Å². The lowest BCUT2D eigenvalue weighted by atomic mass is 9.73. The minimum atomic E-state index is -1.08. The predicted octanol–water partition coefficient (Wildman–Crippen LogP) is 2.82. The standard InChI is InChI=1S/C27H42N2O5/c1-33-14-5-4-12-27(32,22-8-2-3-9-25(22)34-18-19-10-11-19)21-7-6-13-29(17-21)26(31)20-15-23(28)24(30)16-20/h2-3,8-9,19-21,23-24,30,32H,4-7,10-18,28H2,1H3. The van der Waals surface area contributed by atoms with Crippen molar-refractivity contribution in [3.63, 3.8) is 0 Å². The molecular formula is C27H42N2O5. The molecule has 3 aliphatic rings. The van der Waals surface area contributed by atoms with Crippen molar-refractivity contribution in [1.82, 2.24) is 4.90 Å². The number of likely N-dealkylation sites (tertiary alicyclic amines) is 1. The summed E-state index contributed by atoms with van der Waals surface area (Å²) >= 11 is 0. The first-order valence-corrected chi connectivity index (χ1v) is 13.1. The second kappa shape index (κ2) is 11.4. The van der Waals surface area contributed by atoms with Gasteiger partial charge < -0.3 is 30.3 Å². The fraction of sp³-hybridized carbons (Fsp3) is 0.741. The summed E-state index contributed by atoms with van der Waals surface area (Å²) in [6.07, 6.45) is 6.78. The molecule has 7 heteroatoms. The molecule has 1 aromatic rings. The second-order valence-electron chi connectivity index (χ2n) is 10.6. The molecule has 2 aliphatic carbocycles. The fourth-order valence-electron chi connectivity index (χ4n) is 5.72. The number of para-hydroxylation sites is 1. The van der Waals surface area contributed by atoms with Crippen LogP contribution >= 0.6 is 0 Å². The number of aliphatic hydroxyl groups is 2. The minimum Gasteiger partial charge on any atom is -0.493 e. The Hall–Kier alpha value is -1.67. The predicted molar refractivity (Wildman–Crippen MR) is 130 cm³/mol. The average molecular weight is 475 g/mol. The largest absolute Gasteiger partial charge is 0.493 e. The highest BCUT2D eigenvalue weighted by Crippen LogP contribution is 2.44. The van der Waals surface area contributed by atoms with E-state index in [2.05, 4.69) is 0 Å². The van der Waals surface area contributed by atoms with Crippen molar-refractivity contribution in [2.24, 2.45) is 23.5 Å². The Morgan fingerprint density at radius 3 is 2.71 bits per heavy atom. The molecule has 5 unspecified atom stereocenters. The summed E-state index contributed by atoms with van der Waals surface area (Å²) in [5, 5.41) is 22.3. The number of nitrogens with two attached hydrogens (primary N) is 1. The van der Waals surface area contributed by atoms with Gasteiger partial charge in [-0.05, 0) is 69.8 Å². The number of hydrogen-bond donors (Lipinski definition) is 3. The molecule has 1 aliphatic heterocycles. The summed E-state index contributed by atoms with van der Waals surface area (Å²) in [5.41, 5.74) is 5.73. The van der Waals surface area contributed by atoms with Gasteiger partial charge in [-0.2, -0.15) is 0 Å². The van der Waals surface area contributed by atoms with Crippen LogP contribution in [0.4, 0.5) is 0 Å². The highest BCUT2D eigenvalue weighted by Gasteiger charge is 2.44. The van der Waals surface area contributed by atoms with E-state index in [9.17, 15) is 15.0 Å². The van der Waals surface area contributed by atoms with Crippen LogP contribution in [0.5, 0.6) is 5.75 Å². The van der Waals surface area contributed by atoms with Crippen LogP contribution in [0.25, 0.3) is 0 Å². The molecular weight excluding hydrogens is 432 g/mol. The third-order valence-electron chi connectivity index (χ3n) is 8.02. The molecule has 0 aromatic heterocycles. The number of aliphatic hydroxyl groups excluding tert-OH is 1. The maximum absolute atomic E-state index is 13.3. The Balaban J connectivity index is 1.53. The van der Waals surface area contributed by atoms with E-state index in [-0.39, 0.29) is 23.8 Å². The summed E-state index contributed by atoms with van der Waals surface area (Å²) in [7, 11) is 1.70. The second-order valence-corrected chi connectivity index (χ2v) is 10.6. The quantitative estimate of drug-likeness (QED) is 0.426. The van der Waals surface area contributed by atoms with Gasteiger partial charge in [0.25, 0.3) is 0 Å². The molecule has 0 bridgehead atoms. The van der Waals surface area contributed by atoms with Gasteiger partial charge in [0.05, 0.1) is 18.3 Å². The number of carbonyl (C=O) groups is 1. The minimum absolute atomic E-state index is 0.0664. The molecule has 1 heterocycles. The molecule has 4 rings (SSSR count). The van der Waals surface area contributed by atoms with Gasteiger partial charge in [-0.25, -0.2) is 0 Å². The van der Waals surface area contributed by atoms with E-state index in [1.54, 1.807) is 7.11 Å². The lowest BCUT2D eigenvalue weighted by Gasteiger charge is -2.44. The lowest BCUT2D eigenvalue weighted by molar-refractivity contribution is -0.141. The summed E-state index contributed by atoms with van der Waals surface area (Å²) in [6, 6.07) is 7.55. The molecule has 4 N–H and O–H groups in total. The number of methoxy groups -OCH3 is 1. The van der Waals surface area contributed by atoms with Gasteiger partial charge in [0.15, 0.2) is 0 Å². The van der Waals surface area contributed by atoms with Crippen LogP contribution in [0.2, 0.25) is 0 Å². The van der Waals surface area contributed by atoms with E-state index >= 15 is 0 Å². The maximum Gasteiger partial charge on any atom is 0.225 e. The van der Waals surface area contributed by atoms with Crippen molar-refractivity contribution in [1.29, 1.82) is 0 Å². The van der Waals surface area contributed by atoms with Gasteiger partial charge in [0.2, 0.25) is 5.91 Å². The van der Waals surface area contributed by atoms with Crippen molar-refractivity contribution in [3.8, 4) is 5.75 Å². The average Bonchev–Trinajstić information content (AvgIpc) is 3.63. The highest BCUT2D eigenvalue weighted by molar-refractivity contribution is 5.79. The summed E-state index contributed by atoms with van der Waals surface area (Å²) in [5.74, 6) is 1.14. The van der Waals surface area contributed by atoms with Crippen LogP contribution in [-0.4, -0.2) is 66.6 Å². The molecule has 1 saturated heterocycles. The van der Waals surface area contributed by atoms with Crippen molar-refractivity contribution < 1.29 is 24.5 Å². The summed E-state index contributed by atoms with van der Waals surface area (Å²) < 4.78 is 11.4. The Labute approximate surface area is 203 Å². The molecule has 3 fully saturated rings. The zero-order chi connectivity index (χ0) is 24.1. The number of ether oxygens (including phenoxy) is 2. The number of rotatable bonds is 11. The Bertz CT molecular complexity index is 806. The Morgan fingerprint density at radius 2 is 2.00 bits per heavy atom. The summed E-state index contributed by atoms with van der Waals surface area (Å²) in [6.45, 7) is 2.56. The molecule has 7 nitrogen and oxygen atoms in total. The number of piperidine rings is 1. The number of amides is 1. The fourth-order valence-corrected chi connectivity index (χ4v) is 5.72. The van der Waals surface area contributed by atoms with Gasteiger partial charge in [-0.1, -0.05) is 18.2 Å².